The molecule has 0 spiro atoms. The monoisotopic (exact) mass is 339 g/mol. The van der Waals surface area contributed by atoms with Crippen molar-refractivity contribution in [3.05, 3.63) is 35.9 Å². The Morgan fingerprint density at radius 2 is 1.92 bits per heavy atom. The molecule has 2 rings (SSSR count). The Balaban J connectivity index is 1.62. The minimum absolute atomic E-state index is 0.0697. The zero-order valence-corrected chi connectivity index (χ0v) is 14.2. The molecule has 0 bridgehead atoms. The number of carbonyl (C=O) groups is 1. The second kappa shape index (κ2) is 9.57. The van der Waals surface area contributed by atoms with E-state index in [4.69, 9.17) is 0 Å². The molecule has 1 atom stereocenters. The molecule has 6 heteroatoms. The van der Waals surface area contributed by atoms with Crippen molar-refractivity contribution in [2.45, 2.75) is 51.1 Å². The zero-order valence-electron chi connectivity index (χ0n) is 14.2. The number of halogens is 2. The maximum absolute atomic E-state index is 12.3. The van der Waals surface area contributed by atoms with Crippen molar-refractivity contribution in [3.63, 3.8) is 0 Å². The molecule has 1 fully saturated rings. The Morgan fingerprint density at radius 1 is 1.25 bits per heavy atom. The van der Waals surface area contributed by atoms with Gasteiger partial charge in [0.25, 0.3) is 6.43 Å². The van der Waals surface area contributed by atoms with Crippen LogP contribution in [0.25, 0.3) is 0 Å². The molecule has 1 saturated heterocycles. The smallest absolute Gasteiger partial charge is 0.315 e. The van der Waals surface area contributed by atoms with Gasteiger partial charge >= 0.3 is 6.03 Å². The first-order valence-electron chi connectivity index (χ1n) is 8.64. The average Bonchev–Trinajstić information content (AvgIpc) is 2.55. The number of carbonyl (C=O) groups excluding carboxylic acids is 1. The zero-order chi connectivity index (χ0) is 17.4. The van der Waals surface area contributed by atoms with Crippen LogP contribution in [0.4, 0.5) is 13.6 Å². The highest BCUT2D eigenvalue weighted by molar-refractivity contribution is 5.74. The number of aryl methyl sites for hydroxylation is 1. The molecule has 24 heavy (non-hydrogen) atoms. The summed E-state index contributed by atoms with van der Waals surface area (Å²) in [6.07, 6.45) is 0.957. The quantitative estimate of drug-likeness (QED) is 0.802. The fourth-order valence-corrected chi connectivity index (χ4v) is 3.01. The van der Waals surface area contributed by atoms with Crippen LogP contribution in [0.15, 0.2) is 30.3 Å². The summed E-state index contributed by atoms with van der Waals surface area (Å²) in [7, 11) is 0. The highest BCUT2D eigenvalue weighted by Crippen LogP contribution is 2.12. The lowest BCUT2D eigenvalue weighted by Gasteiger charge is -2.32. The van der Waals surface area contributed by atoms with E-state index in [0.29, 0.717) is 13.1 Å². The molecule has 4 nitrogen and oxygen atoms in total. The van der Waals surface area contributed by atoms with Gasteiger partial charge in [0.2, 0.25) is 0 Å². The summed E-state index contributed by atoms with van der Waals surface area (Å²) in [5, 5.41) is 5.91. The van der Waals surface area contributed by atoms with Crippen LogP contribution in [-0.2, 0) is 6.42 Å². The number of alkyl halides is 2. The number of amides is 2. The molecule has 1 aliphatic heterocycles. The van der Waals surface area contributed by atoms with Gasteiger partial charge in [0.05, 0.1) is 6.54 Å². The van der Waals surface area contributed by atoms with Gasteiger partial charge in [-0.1, -0.05) is 30.3 Å². The maximum Gasteiger partial charge on any atom is 0.315 e. The summed E-state index contributed by atoms with van der Waals surface area (Å²) >= 11 is 0. The van der Waals surface area contributed by atoms with Gasteiger partial charge in [-0.2, -0.15) is 0 Å². The van der Waals surface area contributed by atoms with Gasteiger partial charge in [-0.25, -0.2) is 13.6 Å². The fraction of sp³-hybridized carbons (Fsp3) is 0.611. The van der Waals surface area contributed by atoms with Crippen molar-refractivity contribution in [2.75, 3.05) is 19.6 Å². The van der Waals surface area contributed by atoms with Crippen LogP contribution in [0.5, 0.6) is 0 Å². The summed E-state index contributed by atoms with van der Waals surface area (Å²) in [6, 6.07) is 10.2. The van der Waals surface area contributed by atoms with E-state index in [-0.39, 0.29) is 24.7 Å². The second-order valence-corrected chi connectivity index (χ2v) is 6.51. The molecule has 0 aliphatic carbocycles. The Labute approximate surface area is 142 Å². The minimum atomic E-state index is -2.29. The fourth-order valence-electron chi connectivity index (χ4n) is 3.01. The van der Waals surface area contributed by atoms with Gasteiger partial charge < -0.3 is 10.6 Å². The van der Waals surface area contributed by atoms with E-state index >= 15 is 0 Å². The number of likely N-dealkylation sites (tertiary alicyclic amines) is 1. The molecule has 134 valence electrons. The highest BCUT2D eigenvalue weighted by Gasteiger charge is 2.22. The molecule has 2 amide bonds. The van der Waals surface area contributed by atoms with Crippen molar-refractivity contribution in [1.29, 1.82) is 0 Å². The van der Waals surface area contributed by atoms with E-state index in [1.807, 2.05) is 25.1 Å². The molecule has 1 aromatic carbocycles. The topological polar surface area (TPSA) is 44.4 Å². The molecule has 0 aromatic heterocycles. The Hall–Kier alpha value is -1.69. The predicted molar refractivity (Wildman–Crippen MR) is 91.4 cm³/mol. The maximum atomic E-state index is 12.3. The molecule has 1 aliphatic rings. The predicted octanol–water partition coefficient (Wildman–Crippen LogP) is 3.04. The summed E-state index contributed by atoms with van der Waals surface area (Å²) < 4.78 is 24.7. The van der Waals surface area contributed by atoms with Crippen LogP contribution in [-0.4, -0.2) is 49.1 Å². The molecule has 0 unspecified atom stereocenters. The van der Waals surface area contributed by atoms with Gasteiger partial charge in [0.15, 0.2) is 0 Å². The van der Waals surface area contributed by atoms with Crippen molar-refractivity contribution in [1.82, 2.24) is 15.5 Å². The van der Waals surface area contributed by atoms with E-state index in [9.17, 15) is 13.6 Å². The van der Waals surface area contributed by atoms with E-state index in [1.165, 1.54) is 5.56 Å². The Kier molecular flexibility index (Phi) is 7.43. The Morgan fingerprint density at radius 3 is 2.54 bits per heavy atom. The third kappa shape index (κ3) is 6.83. The van der Waals surface area contributed by atoms with Crippen LogP contribution < -0.4 is 10.6 Å². The van der Waals surface area contributed by atoms with Gasteiger partial charge in [-0.05, 0) is 38.2 Å². The third-order valence-corrected chi connectivity index (χ3v) is 4.41. The van der Waals surface area contributed by atoms with Crippen molar-refractivity contribution >= 4 is 6.03 Å². The van der Waals surface area contributed by atoms with Crippen LogP contribution in [0.3, 0.4) is 0 Å². The first kappa shape index (κ1) is 18.6. The number of benzene rings is 1. The van der Waals surface area contributed by atoms with Gasteiger partial charge in [0, 0.05) is 25.2 Å². The van der Waals surface area contributed by atoms with Crippen molar-refractivity contribution in [2.24, 2.45) is 0 Å². The summed E-state index contributed by atoms with van der Waals surface area (Å²) in [5.74, 6) is 0. The SMILES string of the molecule is C[C@@H](CCc1ccccc1)NC(=O)NC1CCN(CC(F)F)CC1. The third-order valence-electron chi connectivity index (χ3n) is 4.41. The van der Waals surface area contributed by atoms with Crippen molar-refractivity contribution < 1.29 is 13.6 Å². The molecular weight excluding hydrogens is 312 g/mol. The van der Waals surface area contributed by atoms with Gasteiger partial charge in [0.1, 0.15) is 0 Å². The van der Waals surface area contributed by atoms with E-state index < -0.39 is 6.43 Å². The summed E-state index contributed by atoms with van der Waals surface area (Å²) in [4.78, 5) is 13.8. The molecule has 1 aromatic rings. The summed E-state index contributed by atoms with van der Waals surface area (Å²) in [6.45, 7) is 3.04. The van der Waals surface area contributed by atoms with Crippen LogP contribution >= 0.6 is 0 Å². The molecule has 2 N–H and O–H groups in total. The Bertz CT molecular complexity index is 490. The molecular formula is C18H27F2N3O. The first-order chi connectivity index (χ1) is 11.5. The van der Waals surface area contributed by atoms with E-state index in [1.54, 1.807) is 4.90 Å². The average molecular weight is 339 g/mol. The number of urea groups is 1. The first-order valence-corrected chi connectivity index (χ1v) is 8.64. The van der Waals surface area contributed by atoms with E-state index in [2.05, 4.69) is 22.8 Å². The number of hydrogen-bond donors (Lipinski definition) is 2. The number of rotatable bonds is 7. The van der Waals surface area contributed by atoms with Gasteiger partial charge in [-0.15, -0.1) is 0 Å². The van der Waals surface area contributed by atoms with Crippen LogP contribution in [0.2, 0.25) is 0 Å². The summed E-state index contributed by atoms with van der Waals surface area (Å²) in [5.41, 5.74) is 1.26. The normalized spacial score (nSPS) is 17.7. The molecule has 0 saturated carbocycles. The lowest BCUT2D eigenvalue weighted by Crippen LogP contribution is -2.50. The lowest BCUT2D eigenvalue weighted by atomic mass is 10.1. The minimum Gasteiger partial charge on any atom is -0.336 e. The number of piperidine rings is 1. The van der Waals surface area contributed by atoms with E-state index in [0.717, 1.165) is 25.7 Å². The number of hydrogen-bond acceptors (Lipinski definition) is 2. The largest absolute Gasteiger partial charge is 0.336 e. The lowest BCUT2D eigenvalue weighted by molar-refractivity contribution is 0.0736. The molecule has 1 heterocycles. The number of nitrogens with one attached hydrogen (secondary N) is 2. The van der Waals surface area contributed by atoms with Gasteiger partial charge in [-0.3, -0.25) is 4.90 Å². The van der Waals surface area contributed by atoms with Crippen molar-refractivity contribution in [3.8, 4) is 0 Å². The van der Waals surface area contributed by atoms with Crippen LogP contribution in [0.1, 0.15) is 31.7 Å². The highest BCUT2D eigenvalue weighted by atomic mass is 19.3. The molecule has 0 radical (unpaired) electrons. The standard InChI is InChI=1S/C18H27F2N3O/c1-14(7-8-15-5-3-2-4-6-15)21-18(24)22-16-9-11-23(12-10-16)13-17(19)20/h2-6,14,16-17H,7-13H2,1H3,(H2,21,22,24)/t14-/m0/s1. The van der Waals surface area contributed by atoms with Crippen LogP contribution in [0, 0.1) is 0 Å². The number of nitrogens with zero attached hydrogens (tertiary/aromatic N) is 1. The second-order valence-electron chi connectivity index (χ2n) is 6.51.